The van der Waals surface area contributed by atoms with Gasteiger partial charge in [0.15, 0.2) is 23.4 Å². The summed E-state index contributed by atoms with van der Waals surface area (Å²) < 4.78 is 11.7. The lowest BCUT2D eigenvalue weighted by Crippen LogP contribution is -2.65. The SMILES string of the molecule is C.C=CC(/C=C/C(=O)OC1C(C)=CC23C(=O)CC(=C(CO)C(O)C12O)C1C(CC3C)C1(C)C)=C\C.CCCCCCCCCCCC(=O)OC1C(C)=CC23C(=O)CC(=C(CO)C(O)C12O)C1C(CC3C)C1(C)C. The summed E-state index contributed by atoms with van der Waals surface area (Å²) >= 11 is 0. The molecular formula is C61H90O12. The summed E-state index contributed by atoms with van der Waals surface area (Å²) in [6.45, 7) is 22.9. The summed E-state index contributed by atoms with van der Waals surface area (Å²) in [5.74, 6) is -1.23. The molecule has 4 fully saturated rings. The number of hydrogen-bond acceptors (Lipinski definition) is 12. The molecule has 4 saturated carbocycles. The minimum Gasteiger partial charge on any atom is -0.455 e. The van der Waals surface area contributed by atoms with Gasteiger partial charge in [-0.25, -0.2) is 4.79 Å². The maximum absolute atomic E-state index is 14.0. The van der Waals surface area contributed by atoms with Gasteiger partial charge in [0.1, 0.15) is 23.8 Å². The Bertz CT molecular complexity index is 2360. The molecule has 0 amide bonds. The number of esters is 2. The van der Waals surface area contributed by atoms with Crippen molar-refractivity contribution in [3.8, 4) is 0 Å². The first kappa shape index (κ1) is 58.5. The minimum absolute atomic E-state index is 0. The molecule has 0 aromatic rings. The van der Waals surface area contributed by atoms with Crippen molar-refractivity contribution in [2.24, 2.45) is 57.2 Å². The average molecular weight is 1020 g/mol. The van der Waals surface area contributed by atoms with E-state index in [0.717, 1.165) is 42.4 Å². The Morgan fingerprint density at radius 2 is 1.11 bits per heavy atom. The number of rotatable bonds is 17. The van der Waals surface area contributed by atoms with Gasteiger partial charge in [-0.2, -0.15) is 0 Å². The lowest BCUT2D eigenvalue weighted by atomic mass is 9.59. The molecule has 0 radical (unpaired) electrons. The Balaban J connectivity index is 0.000000236. The van der Waals surface area contributed by atoms with Crippen molar-refractivity contribution in [2.45, 2.75) is 202 Å². The number of carbonyl (C=O) groups excluding carboxylic acids is 4. The summed E-state index contributed by atoms with van der Waals surface area (Å²) in [5.41, 5.74) is -3.03. The molecule has 0 aromatic heterocycles. The van der Waals surface area contributed by atoms with Crippen LogP contribution in [0.2, 0.25) is 0 Å². The van der Waals surface area contributed by atoms with Crippen LogP contribution in [0, 0.1) is 57.2 Å². The normalized spacial score (nSPS) is 38.4. The molecule has 0 aliphatic heterocycles. The fourth-order valence-corrected chi connectivity index (χ4v) is 15.6. The van der Waals surface area contributed by atoms with E-state index in [4.69, 9.17) is 9.47 Å². The average Bonchev–Trinajstić information content (AvgIpc) is 4.00. The van der Waals surface area contributed by atoms with E-state index in [2.05, 4.69) is 41.2 Å². The van der Waals surface area contributed by atoms with E-state index in [-0.39, 0.29) is 84.2 Å². The molecule has 0 saturated heterocycles. The number of allylic oxidation sites excluding steroid dienone is 6. The van der Waals surface area contributed by atoms with E-state index in [1.54, 1.807) is 44.2 Å². The molecule has 0 aromatic carbocycles. The van der Waals surface area contributed by atoms with Gasteiger partial charge < -0.3 is 40.1 Å². The molecule has 12 heteroatoms. The number of ether oxygens (including phenoxy) is 2. The van der Waals surface area contributed by atoms with Gasteiger partial charge in [0.05, 0.1) is 24.0 Å². The molecule has 4 bridgehead atoms. The molecule has 14 unspecified atom stereocenters. The summed E-state index contributed by atoms with van der Waals surface area (Å²) in [6, 6.07) is 0. The Hall–Kier alpha value is -3.78. The van der Waals surface area contributed by atoms with Gasteiger partial charge in [-0.05, 0) is 120 Å². The monoisotopic (exact) mass is 1010 g/mol. The highest BCUT2D eigenvalue weighted by Gasteiger charge is 2.76. The van der Waals surface area contributed by atoms with Crippen LogP contribution in [0.1, 0.15) is 167 Å². The Morgan fingerprint density at radius 3 is 1.51 bits per heavy atom. The highest BCUT2D eigenvalue weighted by atomic mass is 16.6. The van der Waals surface area contributed by atoms with Gasteiger partial charge in [-0.3, -0.25) is 14.4 Å². The third-order valence-corrected chi connectivity index (χ3v) is 19.7. The van der Waals surface area contributed by atoms with Crippen molar-refractivity contribution < 1.29 is 59.3 Å². The fourth-order valence-electron chi connectivity index (χ4n) is 15.6. The van der Waals surface area contributed by atoms with E-state index in [1.807, 2.05) is 20.8 Å². The lowest BCUT2D eigenvalue weighted by molar-refractivity contribution is -0.203. The van der Waals surface area contributed by atoms with Crippen molar-refractivity contribution in [3.63, 3.8) is 0 Å². The number of ketones is 2. The van der Waals surface area contributed by atoms with Gasteiger partial charge in [0.25, 0.3) is 0 Å². The lowest BCUT2D eigenvalue weighted by Gasteiger charge is -2.48. The highest BCUT2D eigenvalue weighted by Crippen LogP contribution is 2.72. The summed E-state index contributed by atoms with van der Waals surface area (Å²) in [5, 5.41) is 68.9. The number of aliphatic hydroxyl groups excluding tert-OH is 4. The topological polar surface area (TPSA) is 208 Å². The van der Waals surface area contributed by atoms with Crippen LogP contribution in [0.25, 0.3) is 0 Å². The van der Waals surface area contributed by atoms with Crippen molar-refractivity contribution >= 4 is 23.5 Å². The first-order valence-electron chi connectivity index (χ1n) is 27.2. The van der Waals surface area contributed by atoms with E-state index in [1.165, 1.54) is 44.6 Å². The zero-order valence-electron chi connectivity index (χ0n) is 44.9. The van der Waals surface area contributed by atoms with Gasteiger partial charge in [0, 0.05) is 25.3 Å². The molecule has 2 spiro atoms. The highest BCUT2D eigenvalue weighted by molar-refractivity contribution is 5.95. The van der Waals surface area contributed by atoms with Gasteiger partial charge in [-0.1, -0.05) is 149 Å². The van der Waals surface area contributed by atoms with Crippen LogP contribution in [0.5, 0.6) is 0 Å². The molecule has 73 heavy (non-hydrogen) atoms. The Kier molecular flexibility index (Phi) is 17.4. The number of carbonyl (C=O) groups is 4. The maximum atomic E-state index is 14.0. The van der Waals surface area contributed by atoms with Crippen molar-refractivity contribution in [1.82, 2.24) is 0 Å². The Morgan fingerprint density at radius 1 is 0.699 bits per heavy atom. The summed E-state index contributed by atoms with van der Waals surface area (Å²) in [6.07, 6.45) is 16.4. The van der Waals surface area contributed by atoms with E-state index in [0.29, 0.717) is 29.1 Å². The predicted molar refractivity (Wildman–Crippen MR) is 282 cm³/mol. The van der Waals surface area contributed by atoms with E-state index in [9.17, 15) is 49.8 Å². The van der Waals surface area contributed by atoms with E-state index < -0.39 is 71.6 Å². The predicted octanol–water partition coefficient (Wildman–Crippen LogP) is 9.27. The second-order valence-corrected chi connectivity index (χ2v) is 24.3. The van der Waals surface area contributed by atoms with Gasteiger partial charge >= 0.3 is 11.9 Å². The van der Waals surface area contributed by atoms with Crippen molar-refractivity contribution in [1.29, 1.82) is 0 Å². The molecule has 6 N–H and O–H groups in total. The summed E-state index contributed by atoms with van der Waals surface area (Å²) in [7, 11) is 0. The zero-order chi connectivity index (χ0) is 53.1. The zero-order valence-corrected chi connectivity index (χ0v) is 44.9. The van der Waals surface area contributed by atoms with Crippen molar-refractivity contribution in [2.75, 3.05) is 13.2 Å². The molecule has 406 valence electrons. The third-order valence-electron chi connectivity index (χ3n) is 19.7. The molecule has 0 heterocycles. The van der Waals surface area contributed by atoms with Crippen molar-refractivity contribution in [3.05, 3.63) is 82.0 Å². The smallest absolute Gasteiger partial charge is 0.331 e. The maximum Gasteiger partial charge on any atom is 0.331 e. The van der Waals surface area contributed by atoms with Crippen LogP contribution < -0.4 is 0 Å². The van der Waals surface area contributed by atoms with Crippen LogP contribution in [0.15, 0.2) is 82.0 Å². The largest absolute Gasteiger partial charge is 0.455 e. The number of fused-ring (bicyclic) bond motifs is 8. The quantitative estimate of drug-likeness (QED) is 0.0265. The van der Waals surface area contributed by atoms with Crippen LogP contribution in [-0.2, 0) is 28.7 Å². The molecule has 8 aliphatic carbocycles. The van der Waals surface area contributed by atoms with Gasteiger partial charge in [0.2, 0.25) is 0 Å². The van der Waals surface area contributed by atoms with Crippen LogP contribution in [0.4, 0.5) is 0 Å². The van der Waals surface area contributed by atoms with E-state index >= 15 is 0 Å². The van der Waals surface area contributed by atoms with Crippen LogP contribution >= 0.6 is 0 Å². The first-order valence-corrected chi connectivity index (χ1v) is 27.2. The summed E-state index contributed by atoms with van der Waals surface area (Å²) in [4.78, 5) is 53.6. The standard InChI is InChI=1S/C32H50O6.C28H36O6.CH4/c1-6-7-8-9-10-11-12-13-14-15-26(35)38-29-20(2)18-31-21(3)16-24-27(30(24,4)5)22(17-25(31)34)23(19-33)28(36)32(29,31)37;1-7-17(8-2)9-10-22(31)34-25-15(3)13-27-16(4)11-20-23(26(20,5)6)18(12-21(27)30)19(14-29)24(32)28(25,27)33;/h18,21,24,27-29,33,36-37H,6-17,19H2,1-5H3;7-10,13,16,20,23-25,29,32-33H,1,11-12,14H2,2-6H3;1H4/b;10-9+,17-8+;. The minimum atomic E-state index is -2.11. The van der Waals surface area contributed by atoms with Crippen LogP contribution in [0.3, 0.4) is 0 Å². The third kappa shape index (κ3) is 9.21. The second-order valence-electron chi connectivity index (χ2n) is 24.3. The molecular weight excluding hydrogens is 925 g/mol. The fraction of sp³-hybridized carbons (Fsp3) is 0.705. The molecule has 8 aliphatic rings. The van der Waals surface area contributed by atoms with Gasteiger partial charge in [-0.15, -0.1) is 0 Å². The Labute approximate surface area is 435 Å². The molecule has 14 atom stereocenters. The molecule has 8 rings (SSSR count). The number of Topliss-reactive ketones (excluding diaryl/α,β-unsaturated/α-hetero) is 2. The number of unbranched alkanes of at least 4 members (excludes halogenated alkanes) is 8. The number of aliphatic hydroxyl groups is 6. The second kappa shape index (κ2) is 21.7. The first-order chi connectivity index (χ1) is 33.9. The molecule has 12 nitrogen and oxygen atoms in total. The number of hydrogen-bond donors (Lipinski definition) is 6. The van der Waals surface area contributed by atoms with Crippen LogP contribution in [-0.4, -0.2) is 103 Å².